The lowest BCUT2D eigenvalue weighted by Crippen LogP contribution is -2.17. The second kappa shape index (κ2) is 10.6. The number of anilines is 2. The fourth-order valence-electron chi connectivity index (χ4n) is 3.06. The minimum atomic E-state index is -4.11. The van der Waals surface area contributed by atoms with Gasteiger partial charge in [-0.1, -0.05) is 29.3 Å². The molecule has 0 unspecified atom stereocenters. The molecule has 182 valence electrons. The van der Waals surface area contributed by atoms with Crippen LogP contribution in [0.3, 0.4) is 0 Å². The van der Waals surface area contributed by atoms with Crippen molar-refractivity contribution in [3.63, 3.8) is 0 Å². The summed E-state index contributed by atoms with van der Waals surface area (Å²) in [6.07, 6.45) is 0. The molecule has 1 amide bonds. The number of aryl methyl sites for hydroxylation is 1. The highest BCUT2D eigenvalue weighted by atomic mass is 35.5. The van der Waals surface area contributed by atoms with Crippen LogP contribution in [-0.4, -0.2) is 40.5 Å². The molecule has 0 aromatic heterocycles. The van der Waals surface area contributed by atoms with Crippen molar-refractivity contribution in [3.8, 4) is 0 Å². The Labute approximate surface area is 207 Å². The van der Waals surface area contributed by atoms with Gasteiger partial charge in [-0.15, -0.1) is 0 Å². The SMILES string of the molecule is COC(=O)c1cc(NC(=O)c2ccc(Cl)c(S(=O)(=O)Nc3ccc(C)cc3)c2)cc(C(=O)OC)c1. The first kappa shape index (κ1) is 25.7. The van der Waals surface area contributed by atoms with E-state index >= 15 is 0 Å². The van der Waals surface area contributed by atoms with Gasteiger partial charge in [0.05, 0.1) is 30.4 Å². The summed E-state index contributed by atoms with van der Waals surface area (Å²) < 4.78 is 37.6. The van der Waals surface area contributed by atoms with Crippen molar-refractivity contribution >= 4 is 50.8 Å². The van der Waals surface area contributed by atoms with Gasteiger partial charge >= 0.3 is 11.9 Å². The number of carbonyl (C=O) groups excluding carboxylic acids is 3. The van der Waals surface area contributed by atoms with Crippen molar-refractivity contribution in [1.82, 2.24) is 0 Å². The number of amides is 1. The minimum absolute atomic E-state index is 0.00682. The molecular weight excluding hydrogens is 496 g/mol. The Hall–Kier alpha value is -3.89. The number of benzene rings is 3. The monoisotopic (exact) mass is 516 g/mol. The van der Waals surface area contributed by atoms with Gasteiger partial charge in [0.15, 0.2) is 0 Å². The van der Waals surface area contributed by atoms with Crippen LogP contribution in [0.25, 0.3) is 0 Å². The van der Waals surface area contributed by atoms with Crippen LogP contribution in [0.2, 0.25) is 5.02 Å². The molecule has 0 heterocycles. The average Bonchev–Trinajstić information content (AvgIpc) is 2.84. The predicted molar refractivity (Wildman–Crippen MR) is 131 cm³/mol. The van der Waals surface area contributed by atoms with Crippen LogP contribution < -0.4 is 10.0 Å². The van der Waals surface area contributed by atoms with E-state index in [4.69, 9.17) is 11.6 Å². The van der Waals surface area contributed by atoms with Crippen molar-refractivity contribution in [2.45, 2.75) is 11.8 Å². The standard InChI is InChI=1S/C24H21ClN2O7S/c1-14-4-7-18(8-5-14)27-35(31,32)21-13-15(6-9-20(21)25)22(28)26-19-11-16(23(29)33-2)10-17(12-19)24(30)34-3/h4-13,27H,1-3H3,(H,26,28). The van der Waals surface area contributed by atoms with E-state index in [1.54, 1.807) is 24.3 Å². The van der Waals surface area contributed by atoms with E-state index in [1.165, 1.54) is 44.6 Å². The lowest BCUT2D eigenvalue weighted by molar-refractivity contribution is 0.0598. The second-order valence-corrected chi connectivity index (χ2v) is 9.41. The number of hydrogen-bond acceptors (Lipinski definition) is 7. The highest BCUT2D eigenvalue weighted by Crippen LogP contribution is 2.26. The molecule has 3 aromatic rings. The Morgan fingerprint density at radius 3 is 1.89 bits per heavy atom. The smallest absolute Gasteiger partial charge is 0.337 e. The molecule has 3 rings (SSSR count). The van der Waals surface area contributed by atoms with Crippen LogP contribution in [0, 0.1) is 6.92 Å². The molecule has 0 atom stereocenters. The van der Waals surface area contributed by atoms with Crippen LogP contribution in [0.1, 0.15) is 36.6 Å². The highest BCUT2D eigenvalue weighted by Gasteiger charge is 2.21. The Bertz CT molecular complexity index is 1370. The highest BCUT2D eigenvalue weighted by molar-refractivity contribution is 7.92. The van der Waals surface area contributed by atoms with E-state index in [1.807, 2.05) is 6.92 Å². The third-order valence-corrected chi connectivity index (χ3v) is 6.68. The lowest BCUT2D eigenvalue weighted by atomic mass is 10.1. The van der Waals surface area contributed by atoms with Crippen LogP contribution in [-0.2, 0) is 19.5 Å². The molecule has 0 saturated heterocycles. The number of sulfonamides is 1. The molecule has 3 aromatic carbocycles. The Kier molecular flexibility index (Phi) is 7.78. The zero-order valence-corrected chi connectivity index (χ0v) is 20.5. The molecule has 0 fully saturated rings. The number of methoxy groups -OCH3 is 2. The van der Waals surface area contributed by atoms with E-state index in [0.717, 1.165) is 11.6 Å². The molecule has 9 nitrogen and oxygen atoms in total. The first-order valence-electron chi connectivity index (χ1n) is 10.1. The molecule has 11 heteroatoms. The van der Waals surface area contributed by atoms with Gasteiger partial charge in [0.2, 0.25) is 0 Å². The van der Waals surface area contributed by atoms with Gasteiger partial charge in [-0.05, 0) is 55.5 Å². The van der Waals surface area contributed by atoms with Gasteiger partial charge in [0.25, 0.3) is 15.9 Å². The lowest BCUT2D eigenvalue weighted by Gasteiger charge is -2.12. The van der Waals surface area contributed by atoms with Crippen LogP contribution in [0.5, 0.6) is 0 Å². The Balaban J connectivity index is 1.92. The first-order chi connectivity index (χ1) is 16.5. The summed E-state index contributed by atoms with van der Waals surface area (Å²) in [5.41, 5.74) is 1.37. The van der Waals surface area contributed by atoms with Crippen LogP contribution in [0.4, 0.5) is 11.4 Å². The fraction of sp³-hybridized carbons (Fsp3) is 0.125. The molecule has 0 aliphatic rings. The first-order valence-corrected chi connectivity index (χ1v) is 11.9. The zero-order valence-electron chi connectivity index (χ0n) is 18.9. The molecule has 0 saturated carbocycles. The zero-order chi connectivity index (χ0) is 25.8. The van der Waals surface area contributed by atoms with E-state index in [0.29, 0.717) is 5.69 Å². The van der Waals surface area contributed by atoms with Gasteiger partial charge < -0.3 is 14.8 Å². The summed E-state index contributed by atoms with van der Waals surface area (Å²) in [6, 6.07) is 14.3. The van der Waals surface area contributed by atoms with Gasteiger partial charge in [0, 0.05) is 16.9 Å². The number of halogens is 1. The quantitative estimate of drug-likeness (QED) is 0.449. The molecule has 0 aliphatic heterocycles. The summed E-state index contributed by atoms with van der Waals surface area (Å²) >= 11 is 6.13. The van der Waals surface area contributed by atoms with Gasteiger partial charge in [-0.2, -0.15) is 0 Å². The number of carbonyl (C=O) groups is 3. The van der Waals surface area contributed by atoms with E-state index in [-0.39, 0.29) is 32.3 Å². The predicted octanol–water partition coefficient (Wildman–Crippen LogP) is 4.27. The van der Waals surface area contributed by atoms with Crippen molar-refractivity contribution in [1.29, 1.82) is 0 Å². The number of hydrogen-bond donors (Lipinski definition) is 2. The number of rotatable bonds is 7. The third-order valence-electron chi connectivity index (χ3n) is 4.82. The van der Waals surface area contributed by atoms with Crippen molar-refractivity contribution in [3.05, 3.63) is 87.9 Å². The second-order valence-electron chi connectivity index (χ2n) is 7.35. The van der Waals surface area contributed by atoms with Crippen molar-refractivity contribution < 1.29 is 32.3 Å². The van der Waals surface area contributed by atoms with E-state index < -0.39 is 27.9 Å². The molecule has 0 bridgehead atoms. The van der Waals surface area contributed by atoms with Crippen molar-refractivity contribution in [2.24, 2.45) is 0 Å². The summed E-state index contributed by atoms with van der Waals surface area (Å²) in [7, 11) is -1.77. The molecule has 0 spiro atoms. The maximum absolute atomic E-state index is 12.9. The number of ether oxygens (including phenoxy) is 2. The van der Waals surface area contributed by atoms with Gasteiger partial charge in [-0.25, -0.2) is 18.0 Å². The molecular formula is C24H21ClN2O7S. The Morgan fingerprint density at radius 2 is 1.34 bits per heavy atom. The fourth-order valence-corrected chi connectivity index (χ4v) is 4.64. The van der Waals surface area contributed by atoms with Gasteiger partial charge in [0.1, 0.15) is 4.90 Å². The molecule has 0 radical (unpaired) electrons. The van der Waals surface area contributed by atoms with Crippen LogP contribution in [0.15, 0.2) is 65.6 Å². The van der Waals surface area contributed by atoms with E-state index in [9.17, 15) is 22.8 Å². The van der Waals surface area contributed by atoms with Crippen LogP contribution >= 0.6 is 11.6 Å². The molecule has 2 N–H and O–H groups in total. The normalized spacial score (nSPS) is 10.9. The summed E-state index contributed by atoms with van der Waals surface area (Å²) in [6.45, 7) is 1.87. The van der Waals surface area contributed by atoms with Gasteiger partial charge in [-0.3, -0.25) is 9.52 Å². The maximum atomic E-state index is 12.9. The topological polar surface area (TPSA) is 128 Å². The largest absolute Gasteiger partial charge is 0.465 e. The third kappa shape index (κ3) is 6.17. The molecule has 35 heavy (non-hydrogen) atoms. The number of nitrogens with one attached hydrogen (secondary N) is 2. The van der Waals surface area contributed by atoms with Crippen molar-refractivity contribution in [2.75, 3.05) is 24.3 Å². The average molecular weight is 517 g/mol. The number of esters is 2. The minimum Gasteiger partial charge on any atom is -0.465 e. The summed E-state index contributed by atoms with van der Waals surface area (Å²) in [5, 5.41) is 2.46. The maximum Gasteiger partial charge on any atom is 0.337 e. The summed E-state index contributed by atoms with van der Waals surface area (Å²) in [4.78, 5) is 36.5. The Morgan fingerprint density at radius 1 is 0.771 bits per heavy atom. The van der Waals surface area contributed by atoms with E-state index in [2.05, 4.69) is 19.5 Å². The summed E-state index contributed by atoms with van der Waals surface area (Å²) in [5.74, 6) is -2.16. The molecule has 0 aliphatic carbocycles.